The Kier molecular flexibility index (Phi) is 9.72. The minimum Gasteiger partial charge on any atom is -0.449 e. The lowest BCUT2D eigenvalue weighted by Crippen LogP contribution is -2.43. The molecule has 7 rings (SSSR count). The van der Waals surface area contributed by atoms with Gasteiger partial charge in [0, 0.05) is 16.5 Å². The zero-order valence-corrected chi connectivity index (χ0v) is 27.7. The molecule has 1 N–H and O–H groups in total. The second kappa shape index (κ2) is 14.6. The lowest BCUT2D eigenvalue weighted by molar-refractivity contribution is 0.0895. The van der Waals surface area contributed by atoms with E-state index in [0.29, 0.717) is 22.9 Å². The van der Waals surface area contributed by atoms with Crippen molar-refractivity contribution in [1.29, 1.82) is 0 Å². The van der Waals surface area contributed by atoms with Crippen LogP contribution in [0.1, 0.15) is 82.6 Å². The second-order valence-corrected chi connectivity index (χ2v) is 13.3. The van der Waals surface area contributed by atoms with Gasteiger partial charge in [-0.25, -0.2) is 4.79 Å². The van der Waals surface area contributed by atoms with Crippen LogP contribution in [0.3, 0.4) is 0 Å². The first-order valence-corrected chi connectivity index (χ1v) is 17.4. The second-order valence-electron chi connectivity index (χ2n) is 12.9. The molecule has 0 unspecified atom stereocenters. The molecule has 0 saturated heterocycles. The van der Waals surface area contributed by atoms with Crippen LogP contribution in [0.4, 0.5) is 4.79 Å². The normalized spacial score (nSPS) is 15.0. The molecule has 1 amide bonds. The number of ketones is 1. The lowest BCUT2D eigenvalue weighted by atomic mass is 9.82. The predicted octanol–water partition coefficient (Wildman–Crippen LogP) is 10.4. The summed E-state index contributed by atoms with van der Waals surface area (Å²) in [7, 11) is 0. The first-order valence-electron chi connectivity index (χ1n) is 17.0. The molecule has 0 aromatic heterocycles. The Balaban J connectivity index is 1.11. The SMILES string of the molecule is O=C(N[C@@H](CC1CCCCC1)C(=O)c1ccc([C](c2ccccc2)c2ccccc2)c(Cl)c1)OCC1c2ccccc2-c2ccccc21. The number of benzene rings is 5. The number of fused-ring (bicyclic) bond motifs is 3. The molecule has 0 bridgehead atoms. The summed E-state index contributed by atoms with van der Waals surface area (Å²) in [5.74, 6) is 1.16. The van der Waals surface area contributed by atoms with E-state index in [4.69, 9.17) is 16.3 Å². The van der Waals surface area contributed by atoms with E-state index in [9.17, 15) is 9.59 Å². The highest BCUT2D eigenvalue weighted by Gasteiger charge is 2.31. The van der Waals surface area contributed by atoms with Crippen molar-refractivity contribution < 1.29 is 14.3 Å². The van der Waals surface area contributed by atoms with Crippen LogP contribution in [0.15, 0.2) is 127 Å². The van der Waals surface area contributed by atoms with Crippen LogP contribution >= 0.6 is 11.6 Å². The van der Waals surface area contributed by atoms with Crippen molar-refractivity contribution in [2.45, 2.75) is 50.5 Å². The van der Waals surface area contributed by atoms with Crippen molar-refractivity contribution in [2.24, 2.45) is 5.92 Å². The van der Waals surface area contributed by atoms with Gasteiger partial charge in [0.1, 0.15) is 6.61 Å². The van der Waals surface area contributed by atoms with Gasteiger partial charge in [0.2, 0.25) is 0 Å². The van der Waals surface area contributed by atoms with Gasteiger partial charge < -0.3 is 10.1 Å². The van der Waals surface area contributed by atoms with Crippen molar-refractivity contribution in [2.75, 3.05) is 6.61 Å². The average molecular weight is 653 g/mol. The molecule has 2 aliphatic rings. The van der Waals surface area contributed by atoms with Crippen LogP contribution in [0.5, 0.6) is 0 Å². The minimum absolute atomic E-state index is 0.0540. The van der Waals surface area contributed by atoms with Gasteiger partial charge in [-0.15, -0.1) is 0 Å². The maximum Gasteiger partial charge on any atom is 0.407 e. The molecule has 48 heavy (non-hydrogen) atoms. The van der Waals surface area contributed by atoms with Crippen LogP contribution in [0.2, 0.25) is 5.02 Å². The number of carbonyl (C=O) groups excluding carboxylic acids is 2. The number of ether oxygens (including phenoxy) is 1. The fourth-order valence-corrected chi connectivity index (χ4v) is 7.80. The molecule has 1 atom stereocenters. The number of carbonyl (C=O) groups is 2. The molecule has 241 valence electrons. The van der Waals surface area contributed by atoms with Crippen LogP contribution < -0.4 is 5.32 Å². The molecule has 0 heterocycles. The molecule has 5 aromatic rings. The number of hydrogen-bond donors (Lipinski definition) is 1. The molecule has 1 radical (unpaired) electrons. The van der Waals surface area contributed by atoms with Gasteiger partial charge in [-0.2, -0.15) is 0 Å². The Morgan fingerprint density at radius 1 is 0.688 bits per heavy atom. The van der Waals surface area contributed by atoms with E-state index in [0.717, 1.165) is 59.4 Å². The van der Waals surface area contributed by atoms with Gasteiger partial charge in [-0.3, -0.25) is 4.79 Å². The largest absolute Gasteiger partial charge is 0.449 e. The molecule has 1 fully saturated rings. The number of halogens is 1. The Bertz CT molecular complexity index is 1800. The van der Waals surface area contributed by atoms with Gasteiger partial charge in [-0.05, 0) is 57.3 Å². The number of Topliss-reactive ketones (excluding diaryl/α,β-unsaturated/α-hetero) is 1. The Morgan fingerprint density at radius 2 is 1.25 bits per heavy atom. The summed E-state index contributed by atoms with van der Waals surface area (Å²) in [6, 6.07) is 41.6. The minimum atomic E-state index is -0.711. The maximum atomic E-state index is 14.2. The van der Waals surface area contributed by atoms with Crippen molar-refractivity contribution in [1.82, 2.24) is 5.32 Å². The topological polar surface area (TPSA) is 55.4 Å². The van der Waals surface area contributed by atoms with Crippen LogP contribution in [0.25, 0.3) is 11.1 Å². The van der Waals surface area contributed by atoms with E-state index in [1.54, 1.807) is 6.07 Å². The first-order chi connectivity index (χ1) is 23.6. The van der Waals surface area contributed by atoms with E-state index in [1.165, 1.54) is 17.5 Å². The van der Waals surface area contributed by atoms with E-state index in [1.807, 2.05) is 72.8 Å². The fraction of sp³-hybridized carbons (Fsp3) is 0.233. The van der Waals surface area contributed by atoms with E-state index in [2.05, 4.69) is 53.8 Å². The number of hydrogen-bond acceptors (Lipinski definition) is 3. The highest BCUT2D eigenvalue weighted by atomic mass is 35.5. The van der Waals surface area contributed by atoms with E-state index in [-0.39, 0.29) is 18.3 Å². The predicted molar refractivity (Wildman–Crippen MR) is 192 cm³/mol. The fourth-order valence-electron chi connectivity index (χ4n) is 7.53. The number of alkyl carbamates (subject to hydrolysis) is 1. The van der Waals surface area contributed by atoms with Crippen LogP contribution in [-0.2, 0) is 4.74 Å². The summed E-state index contributed by atoms with van der Waals surface area (Å²) in [5, 5.41) is 3.47. The van der Waals surface area contributed by atoms with Crippen molar-refractivity contribution in [3.63, 3.8) is 0 Å². The maximum absolute atomic E-state index is 14.2. The molecule has 0 aliphatic heterocycles. The first kappa shape index (κ1) is 31.9. The quantitative estimate of drug-likeness (QED) is 0.121. The van der Waals surface area contributed by atoms with Gasteiger partial charge in [0.15, 0.2) is 5.78 Å². The van der Waals surface area contributed by atoms with E-state index < -0.39 is 12.1 Å². The molecular weight excluding hydrogens is 614 g/mol. The third-order valence-corrected chi connectivity index (χ3v) is 10.2. The van der Waals surface area contributed by atoms with Gasteiger partial charge in [0.05, 0.1) is 12.0 Å². The van der Waals surface area contributed by atoms with Gasteiger partial charge in [-0.1, -0.05) is 165 Å². The third kappa shape index (κ3) is 6.81. The Morgan fingerprint density at radius 3 is 1.83 bits per heavy atom. The summed E-state index contributed by atoms with van der Waals surface area (Å²) in [6.07, 6.45) is 5.63. The molecule has 1 saturated carbocycles. The smallest absolute Gasteiger partial charge is 0.407 e. The molecule has 4 nitrogen and oxygen atoms in total. The average Bonchev–Trinajstić information content (AvgIpc) is 3.46. The number of nitrogens with one attached hydrogen (secondary N) is 1. The third-order valence-electron chi connectivity index (χ3n) is 9.89. The van der Waals surface area contributed by atoms with Crippen molar-refractivity contribution in [3.8, 4) is 11.1 Å². The monoisotopic (exact) mass is 652 g/mol. The Hall–Kier alpha value is -4.67. The van der Waals surface area contributed by atoms with Crippen LogP contribution in [0, 0.1) is 11.8 Å². The molecule has 0 spiro atoms. The summed E-state index contributed by atoms with van der Waals surface area (Å²) >= 11 is 6.99. The highest BCUT2D eigenvalue weighted by molar-refractivity contribution is 6.32. The summed E-state index contributed by atoms with van der Waals surface area (Å²) in [4.78, 5) is 27.6. The molecule has 5 heteroatoms. The molecular formula is C43H39ClNO3. The van der Waals surface area contributed by atoms with E-state index >= 15 is 0 Å². The van der Waals surface area contributed by atoms with Crippen LogP contribution in [-0.4, -0.2) is 24.5 Å². The lowest BCUT2D eigenvalue weighted by Gasteiger charge is -2.27. The Labute approximate surface area is 288 Å². The van der Waals surface area contributed by atoms with Crippen molar-refractivity contribution in [3.05, 3.63) is 172 Å². The standard InChI is InChI=1S/C43H39ClNO3/c44-39-27-32(24-25-37(39)41(30-16-6-2-7-17-30)31-18-8-3-9-19-31)42(46)40(26-29-14-4-1-5-15-29)45-43(47)48-28-38-35-22-12-10-20-33(35)34-21-11-13-23-36(34)38/h2-3,6-13,16-25,27,29,38,40H,1,4-5,14-15,26,28H2,(H,45,47)/t40-/m0/s1. The summed E-state index contributed by atoms with van der Waals surface area (Å²) < 4.78 is 5.89. The molecule has 5 aromatic carbocycles. The zero-order valence-electron chi connectivity index (χ0n) is 26.9. The molecule has 2 aliphatic carbocycles. The summed E-state index contributed by atoms with van der Waals surface area (Å²) in [5.41, 5.74) is 8.05. The number of amides is 1. The summed E-state index contributed by atoms with van der Waals surface area (Å²) in [6.45, 7) is 0.197. The highest BCUT2D eigenvalue weighted by Crippen LogP contribution is 2.44. The zero-order chi connectivity index (χ0) is 32.9. The van der Waals surface area contributed by atoms with Gasteiger partial charge >= 0.3 is 6.09 Å². The number of rotatable bonds is 10. The van der Waals surface area contributed by atoms with Gasteiger partial charge in [0.25, 0.3) is 0 Å². The van der Waals surface area contributed by atoms with Crippen molar-refractivity contribution >= 4 is 23.5 Å².